The van der Waals surface area contributed by atoms with E-state index in [1.165, 1.54) is 31.2 Å². The van der Waals surface area contributed by atoms with Gasteiger partial charge < -0.3 is 4.74 Å². The highest BCUT2D eigenvalue weighted by atomic mass is 35.5. The summed E-state index contributed by atoms with van der Waals surface area (Å²) in [5.74, 6) is -0.798. The summed E-state index contributed by atoms with van der Waals surface area (Å²) >= 11 is 5.84. The number of nitro groups is 1. The van der Waals surface area contributed by atoms with E-state index >= 15 is 0 Å². The molecule has 21 heavy (non-hydrogen) atoms. The number of nitrogens with zero attached hydrogens (tertiary/aromatic N) is 1. The summed E-state index contributed by atoms with van der Waals surface area (Å²) in [5.41, 5.74) is 0.227. The first-order valence-electron chi connectivity index (χ1n) is 5.79. The molecule has 2 aromatic carbocycles. The third-order valence-electron chi connectivity index (χ3n) is 2.77. The van der Waals surface area contributed by atoms with E-state index in [9.17, 15) is 19.3 Å². The van der Waals surface area contributed by atoms with Gasteiger partial charge in [-0.15, -0.1) is 0 Å². The van der Waals surface area contributed by atoms with Gasteiger partial charge in [-0.05, 0) is 25.1 Å². The predicted octanol–water partition coefficient (Wildman–Crippen LogP) is 4.30. The Bertz CT molecular complexity index is 733. The first-order valence-corrected chi connectivity index (χ1v) is 6.17. The summed E-state index contributed by atoms with van der Waals surface area (Å²) in [5, 5.41) is 10.9. The maximum absolute atomic E-state index is 13.8. The third-order valence-corrected chi connectivity index (χ3v) is 3.10. The summed E-state index contributed by atoms with van der Waals surface area (Å²) in [4.78, 5) is 20.7. The first-order chi connectivity index (χ1) is 9.92. The molecule has 0 fully saturated rings. The summed E-state index contributed by atoms with van der Waals surface area (Å²) in [6.07, 6.45) is 0.586. The van der Waals surface area contributed by atoms with Crippen LogP contribution in [0.15, 0.2) is 30.3 Å². The monoisotopic (exact) mass is 309 g/mol. The molecule has 0 aliphatic carbocycles. The Hall–Kier alpha value is -2.47. The Balaban J connectivity index is 2.36. The topological polar surface area (TPSA) is 69.4 Å². The van der Waals surface area contributed by atoms with E-state index in [0.717, 1.165) is 6.07 Å². The highest BCUT2D eigenvalue weighted by Gasteiger charge is 2.17. The number of rotatable bonds is 4. The molecule has 2 rings (SSSR count). The lowest BCUT2D eigenvalue weighted by atomic mass is 10.2. The van der Waals surface area contributed by atoms with E-state index in [4.69, 9.17) is 16.3 Å². The molecule has 0 atom stereocenters. The summed E-state index contributed by atoms with van der Waals surface area (Å²) in [6, 6.07) is 6.27. The van der Waals surface area contributed by atoms with Gasteiger partial charge in [0.1, 0.15) is 5.75 Å². The van der Waals surface area contributed by atoms with Gasteiger partial charge in [0.2, 0.25) is 0 Å². The molecule has 0 saturated heterocycles. The van der Waals surface area contributed by atoms with Crippen molar-refractivity contribution in [3.05, 3.63) is 62.4 Å². The summed E-state index contributed by atoms with van der Waals surface area (Å²) < 4.78 is 19.1. The second-order valence-electron chi connectivity index (χ2n) is 4.23. The molecule has 7 heteroatoms. The van der Waals surface area contributed by atoms with Gasteiger partial charge in [0, 0.05) is 17.2 Å². The van der Waals surface area contributed by atoms with Crippen molar-refractivity contribution < 1.29 is 18.8 Å². The van der Waals surface area contributed by atoms with E-state index in [0.29, 0.717) is 6.29 Å². The maximum atomic E-state index is 13.8. The summed E-state index contributed by atoms with van der Waals surface area (Å²) in [7, 11) is 0. The van der Waals surface area contributed by atoms with Gasteiger partial charge in [0.15, 0.2) is 17.9 Å². The fourth-order valence-electron chi connectivity index (χ4n) is 1.71. The van der Waals surface area contributed by atoms with Crippen LogP contribution in [-0.4, -0.2) is 11.2 Å². The zero-order valence-electron chi connectivity index (χ0n) is 10.8. The minimum Gasteiger partial charge on any atom is -0.454 e. The molecule has 0 saturated carbocycles. The summed E-state index contributed by atoms with van der Waals surface area (Å²) in [6.45, 7) is 1.48. The van der Waals surface area contributed by atoms with Gasteiger partial charge in [-0.25, -0.2) is 4.39 Å². The van der Waals surface area contributed by atoms with Gasteiger partial charge in [0.05, 0.1) is 16.0 Å². The van der Waals surface area contributed by atoms with Gasteiger partial charge in [0.25, 0.3) is 5.69 Å². The van der Waals surface area contributed by atoms with Crippen molar-refractivity contribution in [2.24, 2.45) is 0 Å². The van der Waals surface area contributed by atoms with Crippen LogP contribution in [0.25, 0.3) is 0 Å². The molecule has 0 bridgehead atoms. The molecule has 108 valence electrons. The largest absolute Gasteiger partial charge is 0.454 e. The smallest absolute Gasteiger partial charge is 0.275 e. The predicted molar refractivity (Wildman–Crippen MR) is 74.7 cm³/mol. The molecule has 0 aliphatic rings. The van der Waals surface area contributed by atoms with Gasteiger partial charge >= 0.3 is 0 Å². The molecule has 0 radical (unpaired) electrons. The molecule has 5 nitrogen and oxygen atoms in total. The Labute approximate surface area is 124 Å². The molecule has 0 aliphatic heterocycles. The molecule has 0 aromatic heterocycles. The molecular weight excluding hydrogens is 301 g/mol. The fraction of sp³-hybridized carbons (Fsp3) is 0.0714. The molecule has 2 aromatic rings. The van der Waals surface area contributed by atoms with Crippen molar-refractivity contribution in [2.75, 3.05) is 0 Å². The van der Waals surface area contributed by atoms with Crippen LogP contribution >= 0.6 is 11.6 Å². The Kier molecular flexibility index (Phi) is 4.18. The van der Waals surface area contributed by atoms with Crippen LogP contribution in [0.2, 0.25) is 5.02 Å². The fourth-order valence-corrected chi connectivity index (χ4v) is 1.93. The van der Waals surface area contributed by atoms with E-state index in [1.54, 1.807) is 0 Å². The standard InChI is InChI=1S/C14H9ClFNO4/c1-8-4-14(12(16)6-13(8)17(19)20)21-10-3-2-9(7-18)11(15)5-10/h2-7H,1H3. The van der Waals surface area contributed by atoms with Gasteiger partial charge in [-0.1, -0.05) is 11.6 Å². The lowest BCUT2D eigenvalue weighted by Crippen LogP contribution is -1.96. The van der Waals surface area contributed by atoms with Crippen molar-refractivity contribution in [3.8, 4) is 11.5 Å². The average molecular weight is 310 g/mol. The molecule has 0 N–H and O–H groups in total. The molecule has 0 heterocycles. The number of hydrogen-bond donors (Lipinski definition) is 0. The second kappa shape index (κ2) is 5.88. The maximum Gasteiger partial charge on any atom is 0.275 e. The second-order valence-corrected chi connectivity index (χ2v) is 4.64. The number of nitro benzene ring substituents is 1. The van der Waals surface area contributed by atoms with Crippen molar-refractivity contribution in [1.82, 2.24) is 0 Å². The van der Waals surface area contributed by atoms with Crippen LogP contribution in [0, 0.1) is 22.9 Å². The quantitative estimate of drug-likeness (QED) is 0.479. The average Bonchev–Trinajstić information content (AvgIpc) is 2.42. The number of aldehydes is 1. The van der Waals surface area contributed by atoms with E-state index < -0.39 is 10.7 Å². The van der Waals surface area contributed by atoms with Gasteiger partial charge in [-0.2, -0.15) is 0 Å². The van der Waals surface area contributed by atoms with Crippen molar-refractivity contribution in [3.63, 3.8) is 0 Å². The highest BCUT2D eigenvalue weighted by molar-refractivity contribution is 6.33. The SMILES string of the molecule is Cc1cc(Oc2ccc(C=O)c(Cl)c2)c(F)cc1[N+](=O)[O-]. The molecular formula is C14H9ClFNO4. The normalized spacial score (nSPS) is 10.2. The number of ether oxygens (including phenoxy) is 1. The number of carbonyl (C=O) groups is 1. The minimum atomic E-state index is -0.858. The highest BCUT2D eigenvalue weighted by Crippen LogP contribution is 2.31. The number of halogens is 2. The Morgan fingerprint density at radius 1 is 1.33 bits per heavy atom. The lowest BCUT2D eigenvalue weighted by molar-refractivity contribution is -0.385. The van der Waals surface area contributed by atoms with Crippen LogP contribution in [0.4, 0.5) is 10.1 Å². The van der Waals surface area contributed by atoms with Crippen LogP contribution < -0.4 is 4.74 Å². The number of aryl methyl sites for hydroxylation is 1. The third kappa shape index (κ3) is 3.17. The van der Waals surface area contributed by atoms with Gasteiger partial charge in [-0.3, -0.25) is 14.9 Å². The van der Waals surface area contributed by atoms with Crippen LogP contribution in [0.3, 0.4) is 0 Å². The first kappa shape index (κ1) is 14.9. The van der Waals surface area contributed by atoms with Crippen molar-refractivity contribution in [1.29, 1.82) is 0 Å². The zero-order chi connectivity index (χ0) is 15.6. The molecule has 0 spiro atoms. The van der Waals surface area contributed by atoms with Crippen molar-refractivity contribution in [2.45, 2.75) is 6.92 Å². The van der Waals surface area contributed by atoms with Crippen molar-refractivity contribution >= 4 is 23.6 Å². The van der Waals surface area contributed by atoms with E-state index in [-0.39, 0.29) is 33.3 Å². The lowest BCUT2D eigenvalue weighted by Gasteiger charge is -2.09. The van der Waals surface area contributed by atoms with Crippen LogP contribution in [-0.2, 0) is 0 Å². The van der Waals surface area contributed by atoms with E-state index in [2.05, 4.69) is 0 Å². The number of hydrogen-bond acceptors (Lipinski definition) is 4. The Morgan fingerprint density at radius 3 is 2.62 bits per heavy atom. The minimum absolute atomic E-state index is 0.159. The number of benzene rings is 2. The Morgan fingerprint density at radius 2 is 2.05 bits per heavy atom. The zero-order valence-corrected chi connectivity index (χ0v) is 11.6. The molecule has 0 unspecified atom stereocenters. The van der Waals surface area contributed by atoms with Crippen LogP contribution in [0.1, 0.15) is 15.9 Å². The van der Waals surface area contributed by atoms with E-state index in [1.807, 2.05) is 0 Å². The number of carbonyl (C=O) groups excluding carboxylic acids is 1. The molecule has 0 amide bonds. The van der Waals surface area contributed by atoms with Crippen LogP contribution in [0.5, 0.6) is 11.5 Å².